The van der Waals surface area contributed by atoms with Gasteiger partial charge in [-0.15, -0.1) is 16.4 Å². The Morgan fingerprint density at radius 1 is 1.12 bits per heavy atom. The van der Waals surface area contributed by atoms with E-state index in [4.69, 9.17) is 4.74 Å². The van der Waals surface area contributed by atoms with Gasteiger partial charge in [-0.25, -0.2) is 13.9 Å². The molecule has 0 unspecified atom stereocenters. The molecular formula is C22H25N5O4S. The third kappa shape index (κ3) is 4.18. The van der Waals surface area contributed by atoms with Crippen molar-refractivity contribution in [2.24, 2.45) is 0 Å². The predicted octanol–water partition coefficient (Wildman–Crippen LogP) is 2.24. The number of hydrogen-bond acceptors (Lipinski definition) is 6. The van der Waals surface area contributed by atoms with Crippen molar-refractivity contribution >= 4 is 33.2 Å². The second kappa shape index (κ2) is 9.39. The summed E-state index contributed by atoms with van der Waals surface area (Å²) in [5, 5.41) is 8.87. The first kappa shape index (κ1) is 21.8. The van der Waals surface area contributed by atoms with E-state index in [1.54, 1.807) is 11.4 Å². The third-order valence-electron chi connectivity index (χ3n) is 4.99. The monoisotopic (exact) mass is 455 g/mol. The number of hydrogen-bond donors (Lipinski definition) is 1. The predicted molar refractivity (Wildman–Crippen MR) is 124 cm³/mol. The molecule has 0 spiro atoms. The number of fused-ring (bicyclic) bond motifs is 3. The van der Waals surface area contributed by atoms with Crippen LogP contribution in [0.1, 0.15) is 32.3 Å². The van der Waals surface area contributed by atoms with Crippen molar-refractivity contribution in [1.82, 2.24) is 24.1 Å². The summed E-state index contributed by atoms with van der Waals surface area (Å²) in [4.78, 5) is 38.4. The van der Waals surface area contributed by atoms with Crippen LogP contribution in [0.25, 0.3) is 16.0 Å². The van der Waals surface area contributed by atoms with E-state index in [-0.39, 0.29) is 30.3 Å². The number of thiophene rings is 1. The van der Waals surface area contributed by atoms with E-state index in [0.29, 0.717) is 23.4 Å². The van der Waals surface area contributed by atoms with Crippen LogP contribution >= 0.6 is 11.3 Å². The number of benzene rings is 1. The van der Waals surface area contributed by atoms with Gasteiger partial charge in [0.1, 0.15) is 17.0 Å². The standard InChI is InChI=1S/C22H25N5O4S/c1-3-10-23-18(28)14-26-22(30)27-17-9-12-32-19(17)20(29)25(21(27)24-26)13-15-5-7-16(8-6-15)31-11-4-2/h5-9,12H,3-4,10-11,13-14H2,1-2H3,(H,23,28). The van der Waals surface area contributed by atoms with Crippen LogP contribution in [-0.2, 0) is 17.9 Å². The number of nitrogens with one attached hydrogen (secondary N) is 1. The molecule has 168 valence electrons. The molecule has 0 aliphatic carbocycles. The van der Waals surface area contributed by atoms with Crippen LogP contribution < -0.4 is 21.3 Å². The van der Waals surface area contributed by atoms with Crippen LogP contribution in [0.4, 0.5) is 0 Å². The van der Waals surface area contributed by atoms with Gasteiger partial charge in [0.05, 0.1) is 18.7 Å². The van der Waals surface area contributed by atoms with Crippen molar-refractivity contribution in [3.63, 3.8) is 0 Å². The van der Waals surface area contributed by atoms with Gasteiger partial charge in [0.15, 0.2) is 0 Å². The van der Waals surface area contributed by atoms with Gasteiger partial charge in [0.2, 0.25) is 11.7 Å². The second-order valence-corrected chi connectivity index (χ2v) is 8.36. The molecule has 4 rings (SSSR count). The van der Waals surface area contributed by atoms with Crippen molar-refractivity contribution in [2.75, 3.05) is 13.2 Å². The van der Waals surface area contributed by atoms with Crippen molar-refractivity contribution in [1.29, 1.82) is 0 Å². The zero-order chi connectivity index (χ0) is 22.7. The number of nitrogens with zero attached hydrogens (tertiary/aromatic N) is 4. The summed E-state index contributed by atoms with van der Waals surface area (Å²) in [6.45, 7) is 5.19. The molecule has 1 N–H and O–H groups in total. The summed E-state index contributed by atoms with van der Waals surface area (Å²) in [6.07, 6.45) is 1.72. The maximum absolute atomic E-state index is 13.2. The number of amides is 1. The molecule has 0 aliphatic rings. The van der Waals surface area contributed by atoms with Gasteiger partial charge in [-0.1, -0.05) is 26.0 Å². The Bertz CT molecular complexity index is 1360. The maximum Gasteiger partial charge on any atom is 0.352 e. The molecule has 1 amide bonds. The first-order valence-corrected chi connectivity index (χ1v) is 11.5. The highest BCUT2D eigenvalue weighted by atomic mass is 32.1. The van der Waals surface area contributed by atoms with Crippen molar-refractivity contribution < 1.29 is 9.53 Å². The van der Waals surface area contributed by atoms with Crippen molar-refractivity contribution in [2.45, 2.75) is 39.8 Å². The molecule has 3 aromatic heterocycles. The Kier molecular flexibility index (Phi) is 6.40. The molecule has 3 heterocycles. The first-order chi connectivity index (χ1) is 15.5. The number of rotatable bonds is 9. The van der Waals surface area contributed by atoms with E-state index in [2.05, 4.69) is 10.4 Å². The highest BCUT2D eigenvalue weighted by Crippen LogP contribution is 2.19. The lowest BCUT2D eigenvalue weighted by Crippen LogP contribution is -2.33. The topological polar surface area (TPSA) is 99.6 Å². The third-order valence-corrected chi connectivity index (χ3v) is 5.88. The fourth-order valence-corrected chi connectivity index (χ4v) is 4.25. The SMILES string of the molecule is CCCNC(=O)Cn1nc2n(Cc3ccc(OCCC)cc3)c(=O)c3sccc3n2c1=O. The second-order valence-electron chi connectivity index (χ2n) is 7.44. The van der Waals surface area contributed by atoms with Crippen molar-refractivity contribution in [3.8, 4) is 5.75 Å². The van der Waals surface area contributed by atoms with Gasteiger partial charge in [-0.05, 0) is 42.0 Å². The Labute approximate surface area is 187 Å². The largest absolute Gasteiger partial charge is 0.494 e. The minimum Gasteiger partial charge on any atom is -0.494 e. The lowest BCUT2D eigenvalue weighted by atomic mass is 10.2. The van der Waals surface area contributed by atoms with Gasteiger partial charge in [-0.3, -0.25) is 14.2 Å². The summed E-state index contributed by atoms with van der Waals surface area (Å²) in [7, 11) is 0. The van der Waals surface area contributed by atoms with E-state index in [9.17, 15) is 14.4 Å². The highest BCUT2D eigenvalue weighted by Gasteiger charge is 2.19. The maximum atomic E-state index is 13.2. The fraction of sp³-hybridized carbons (Fsp3) is 0.364. The molecule has 32 heavy (non-hydrogen) atoms. The number of carbonyl (C=O) groups excluding carboxylic acids is 1. The quantitative estimate of drug-likeness (QED) is 0.417. The van der Waals surface area contributed by atoms with Gasteiger partial charge in [0, 0.05) is 6.54 Å². The Hall–Kier alpha value is -3.40. The summed E-state index contributed by atoms with van der Waals surface area (Å²) in [5.41, 5.74) is 0.699. The van der Waals surface area contributed by atoms with Crippen LogP contribution in [0.2, 0.25) is 0 Å². The van der Waals surface area contributed by atoms with E-state index >= 15 is 0 Å². The zero-order valence-corrected chi connectivity index (χ0v) is 18.9. The molecule has 0 bridgehead atoms. The minimum absolute atomic E-state index is 0.205. The summed E-state index contributed by atoms with van der Waals surface area (Å²) >= 11 is 1.28. The number of ether oxygens (including phenoxy) is 1. The molecule has 0 radical (unpaired) electrons. The van der Waals surface area contributed by atoms with Crippen LogP contribution in [0.3, 0.4) is 0 Å². The lowest BCUT2D eigenvalue weighted by molar-refractivity contribution is -0.121. The zero-order valence-electron chi connectivity index (χ0n) is 18.0. The molecular weight excluding hydrogens is 430 g/mol. The minimum atomic E-state index is -0.452. The molecule has 0 aliphatic heterocycles. The van der Waals surface area contributed by atoms with Gasteiger partial charge in [0.25, 0.3) is 5.56 Å². The molecule has 0 saturated heterocycles. The van der Waals surface area contributed by atoms with Gasteiger partial charge in [-0.2, -0.15) is 0 Å². The average molecular weight is 456 g/mol. The first-order valence-electron chi connectivity index (χ1n) is 10.6. The van der Waals surface area contributed by atoms with Crippen LogP contribution in [-0.4, -0.2) is 37.8 Å². The molecule has 9 nitrogen and oxygen atoms in total. The Morgan fingerprint density at radius 2 is 1.91 bits per heavy atom. The van der Waals surface area contributed by atoms with E-state index in [1.807, 2.05) is 38.1 Å². The van der Waals surface area contributed by atoms with E-state index in [1.165, 1.54) is 20.3 Å². The normalized spacial score (nSPS) is 11.3. The molecule has 0 atom stereocenters. The summed E-state index contributed by atoms with van der Waals surface area (Å²) in [6, 6.07) is 9.22. The Morgan fingerprint density at radius 3 is 2.62 bits per heavy atom. The van der Waals surface area contributed by atoms with Gasteiger partial charge >= 0.3 is 5.69 Å². The van der Waals surface area contributed by atoms with Crippen LogP contribution in [0, 0.1) is 0 Å². The summed E-state index contributed by atoms with van der Waals surface area (Å²) < 4.78 is 10.1. The van der Waals surface area contributed by atoms with Crippen LogP contribution in [0.5, 0.6) is 5.75 Å². The van der Waals surface area contributed by atoms with Crippen LogP contribution in [0.15, 0.2) is 45.3 Å². The number of aromatic nitrogens is 4. The highest BCUT2D eigenvalue weighted by molar-refractivity contribution is 7.17. The van der Waals surface area contributed by atoms with E-state index in [0.717, 1.165) is 28.8 Å². The molecule has 0 fully saturated rings. The molecule has 0 saturated carbocycles. The smallest absolute Gasteiger partial charge is 0.352 e. The molecule has 1 aromatic carbocycles. The molecule has 4 aromatic rings. The van der Waals surface area contributed by atoms with E-state index < -0.39 is 5.69 Å². The van der Waals surface area contributed by atoms with Crippen molar-refractivity contribution in [3.05, 3.63) is 62.1 Å². The average Bonchev–Trinajstić information content (AvgIpc) is 3.40. The fourth-order valence-electron chi connectivity index (χ4n) is 3.43. The summed E-state index contributed by atoms with van der Waals surface area (Å²) in [5.74, 6) is 0.677. The Balaban J connectivity index is 1.76. The lowest BCUT2D eigenvalue weighted by Gasteiger charge is -2.09. The van der Waals surface area contributed by atoms with Gasteiger partial charge < -0.3 is 10.1 Å². The molecule has 10 heteroatoms. The number of carbonyl (C=O) groups is 1.